The number of methoxy groups -OCH3 is 1. The number of ether oxygens (including phenoxy) is 1. The molecule has 0 aromatic carbocycles. The van der Waals surface area contributed by atoms with E-state index in [1.54, 1.807) is 12.3 Å². The lowest BCUT2D eigenvalue weighted by Gasteiger charge is -1.91. The van der Waals surface area contributed by atoms with Crippen molar-refractivity contribution in [3.63, 3.8) is 0 Å². The van der Waals surface area contributed by atoms with Crippen LogP contribution < -0.4 is 4.74 Å². The van der Waals surface area contributed by atoms with Crippen molar-refractivity contribution in [2.75, 3.05) is 7.11 Å². The lowest BCUT2D eigenvalue weighted by molar-refractivity contribution is 0.369. The Bertz CT molecular complexity index is 171. The van der Waals surface area contributed by atoms with Crippen molar-refractivity contribution in [1.29, 1.82) is 0 Å². The van der Waals surface area contributed by atoms with Crippen LogP contribution in [0, 0.1) is 0 Å². The van der Waals surface area contributed by atoms with E-state index in [4.69, 9.17) is 9.84 Å². The zero-order chi connectivity index (χ0) is 5.98. The SMILES string of the molecule is COc1cc[nH]c1O. The fourth-order valence-electron chi connectivity index (χ4n) is 0.511. The molecule has 3 heteroatoms. The molecule has 0 saturated carbocycles. The summed E-state index contributed by atoms with van der Waals surface area (Å²) in [7, 11) is 1.50. The molecule has 0 aliphatic heterocycles. The van der Waals surface area contributed by atoms with Gasteiger partial charge < -0.3 is 14.8 Å². The summed E-state index contributed by atoms with van der Waals surface area (Å²) in [5.41, 5.74) is 0. The molecule has 8 heavy (non-hydrogen) atoms. The van der Waals surface area contributed by atoms with Crippen LogP contribution in [0.1, 0.15) is 0 Å². The molecule has 1 aromatic heterocycles. The normalized spacial score (nSPS) is 9.12. The predicted octanol–water partition coefficient (Wildman–Crippen LogP) is 0.729. The van der Waals surface area contributed by atoms with Gasteiger partial charge in [-0.3, -0.25) is 0 Å². The molecule has 0 aliphatic rings. The van der Waals surface area contributed by atoms with Gasteiger partial charge in [-0.15, -0.1) is 0 Å². The zero-order valence-corrected chi connectivity index (χ0v) is 4.51. The molecule has 0 saturated heterocycles. The van der Waals surface area contributed by atoms with Gasteiger partial charge in [-0.05, 0) is 0 Å². The van der Waals surface area contributed by atoms with E-state index in [1.807, 2.05) is 0 Å². The van der Waals surface area contributed by atoms with Gasteiger partial charge >= 0.3 is 0 Å². The molecule has 3 nitrogen and oxygen atoms in total. The third kappa shape index (κ3) is 0.621. The Balaban J connectivity index is 2.92. The lowest BCUT2D eigenvalue weighted by Crippen LogP contribution is -1.77. The summed E-state index contributed by atoms with van der Waals surface area (Å²) in [6, 6.07) is 1.65. The van der Waals surface area contributed by atoms with Gasteiger partial charge in [0, 0.05) is 12.3 Å². The molecule has 1 aromatic rings. The first-order chi connectivity index (χ1) is 3.84. The zero-order valence-electron chi connectivity index (χ0n) is 4.51. The van der Waals surface area contributed by atoms with Gasteiger partial charge in [0.15, 0.2) is 5.75 Å². The van der Waals surface area contributed by atoms with Crippen LogP contribution in [-0.2, 0) is 0 Å². The predicted molar refractivity (Wildman–Crippen MR) is 29.0 cm³/mol. The average Bonchev–Trinajstić information content (AvgIpc) is 2.14. The smallest absolute Gasteiger partial charge is 0.232 e. The molecule has 0 spiro atoms. The minimum absolute atomic E-state index is 0.0764. The maximum atomic E-state index is 8.77. The van der Waals surface area contributed by atoms with Crippen molar-refractivity contribution < 1.29 is 9.84 Å². The van der Waals surface area contributed by atoms with Gasteiger partial charge in [0.1, 0.15) is 0 Å². The van der Waals surface area contributed by atoms with Crippen molar-refractivity contribution in [1.82, 2.24) is 4.98 Å². The fourth-order valence-corrected chi connectivity index (χ4v) is 0.511. The number of aromatic amines is 1. The average molecular weight is 113 g/mol. The molecule has 0 amide bonds. The van der Waals surface area contributed by atoms with E-state index in [9.17, 15) is 0 Å². The second-order valence-corrected chi connectivity index (χ2v) is 1.39. The van der Waals surface area contributed by atoms with Gasteiger partial charge in [-0.25, -0.2) is 0 Å². The van der Waals surface area contributed by atoms with Crippen molar-refractivity contribution in [3.8, 4) is 11.6 Å². The molecule has 0 atom stereocenters. The summed E-state index contributed by atoms with van der Waals surface area (Å²) in [4.78, 5) is 2.55. The Morgan fingerprint density at radius 1 is 1.75 bits per heavy atom. The number of nitrogens with one attached hydrogen (secondary N) is 1. The minimum atomic E-state index is 0.0764. The Labute approximate surface area is 46.9 Å². The minimum Gasteiger partial charge on any atom is -0.492 e. The third-order valence-electron chi connectivity index (χ3n) is 0.908. The molecular formula is C5H7NO2. The van der Waals surface area contributed by atoms with E-state index in [0.29, 0.717) is 5.75 Å². The molecule has 0 aliphatic carbocycles. The topological polar surface area (TPSA) is 45.2 Å². The van der Waals surface area contributed by atoms with Crippen LogP contribution in [0.25, 0.3) is 0 Å². The summed E-state index contributed by atoms with van der Waals surface area (Å²) in [6.07, 6.45) is 1.61. The van der Waals surface area contributed by atoms with Gasteiger partial charge in [0.2, 0.25) is 5.88 Å². The van der Waals surface area contributed by atoms with Gasteiger partial charge in [-0.2, -0.15) is 0 Å². The van der Waals surface area contributed by atoms with E-state index in [0.717, 1.165) is 0 Å². The quantitative estimate of drug-likeness (QED) is 0.563. The third-order valence-corrected chi connectivity index (χ3v) is 0.908. The number of hydrogen-bond donors (Lipinski definition) is 2. The fraction of sp³-hybridized carbons (Fsp3) is 0.200. The number of H-pyrrole nitrogens is 1. The first kappa shape index (κ1) is 5.03. The molecule has 0 radical (unpaired) electrons. The van der Waals surface area contributed by atoms with Crippen LogP contribution in [0.5, 0.6) is 11.6 Å². The summed E-state index contributed by atoms with van der Waals surface area (Å²) in [6.45, 7) is 0. The highest BCUT2D eigenvalue weighted by molar-refractivity contribution is 5.31. The van der Waals surface area contributed by atoms with Gasteiger partial charge in [0.05, 0.1) is 7.11 Å². The first-order valence-corrected chi connectivity index (χ1v) is 2.25. The van der Waals surface area contributed by atoms with Gasteiger partial charge in [0.25, 0.3) is 0 Å². The Kier molecular flexibility index (Phi) is 1.12. The number of hydrogen-bond acceptors (Lipinski definition) is 2. The largest absolute Gasteiger partial charge is 0.492 e. The van der Waals surface area contributed by atoms with E-state index >= 15 is 0 Å². The molecule has 44 valence electrons. The highest BCUT2D eigenvalue weighted by Gasteiger charge is 1.96. The number of aromatic nitrogens is 1. The maximum absolute atomic E-state index is 8.77. The van der Waals surface area contributed by atoms with Crippen molar-refractivity contribution in [3.05, 3.63) is 12.3 Å². The van der Waals surface area contributed by atoms with Crippen LogP contribution in [0.2, 0.25) is 0 Å². The number of rotatable bonds is 1. The maximum Gasteiger partial charge on any atom is 0.232 e. The monoisotopic (exact) mass is 113 g/mol. The van der Waals surface area contributed by atoms with E-state index < -0.39 is 0 Å². The Morgan fingerprint density at radius 3 is 2.75 bits per heavy atom. The van der Waals surface area contributed by atoms with Crippen LogP contribution in [0.3, 0.4) is 0 Å². The van der Waals surface area contributed by atoms with Crippen molar-refractivity contribution >= 4 is 0 Å². The highest BCUT2D eigenvalue weighted by atomic mass is 16.5. The Hall–Kier alpha value is -1.12. The summed E-state index contributed by atoms with van der Waals surface area (Å²) in [5, 5.41) is 8.77. The highest BCUT2D eigenvalue weighted by Crippen LogP contribution is 2.21. The van der Waals surface area contributed by atoms with Crippen molar-refractivity contribution in [2.45, 2.75) is 0 Å². The van der Waals surface area contributed by atoms with E-state index in [2.05, 4.69) is 4.98 Å². The van der Waals surface area contributed by atoms with Crippen LogP contribution in [0.15, 0.2) is 12.3 Å². The van der Waals surface area contributed by atoms with Crippen LogP contribution in [0.4, 0.5) is 0 Å². The Morgan fingerprint density at radius 2 is 2.50 bits per heavy atom. The molecule has 0 fully saturated rings. The molecule has 2 N–H and O–H groups in total. The number of aromatic hydroxyl groups is 1. The summed E-state index contributed by atoms with van der Waals surface area (Å²) < 4.78 is 4.70. The van der Waals surface area contributed by atoms with Gasteiger partial charge in [-0.1, -0.05) is 0 Å². The summed E-state index contributed by atoms with van der Waals surface area (Å²) in [5.74, 6) is 0.553. The van der Waals surface area contributed by atoms with E-state index in [1.165, 1.54) is 7.11 Å². The van der Waals surface area contributed by atoms with Crippen LogP contribution >= 0.6 is 0 Å². The molecule has 1 heterocycles. The lowest BCUT2D eigenvalue weighted by atomic mass is 10.6. The first-order valence-electron chi connectivity index (χ1n) is 2.25. The van der Waals surface area contributed by atoms with E-state index in [-0.39, 0.29) is 5.88 Å². The van der Waals surface area contributed by atoms with Crippen LogP contribution in [-0.4, -0.2) is 17.2 Å². The molecule has 0 bridgehead atoms. The summed E-state index contributed by atoms with van der Waals surface area (Å²) >= 11 is 0. The second kappa shape index (κ2) is 1.78. The second-order valence-electron chi connectivity index (χ2n) is 1.39. The standard InChI is InChI=1S/C5H7NO2/c1-8-4-2-3-6-5(4)7/h2-3,6-7H,1H3. The molecular weight excluding hydrogens is 106 g/mol. The van der Waals surface area contributed by atoms with Crippen molar-refractivity contribution in [2.24, 2.45) is 0 Å². The molecule has 1 rings (SSSR count). The molecule has 0 unspecified atom stereocenters.